The van der Waals surface area contributed by atoms with Gasteiger partial charge in [-0.15, -0.1) is 0 Å². The number of hydrogen-bond donors (Lipinski definition) is 1. The summed E-state index contributed by atoms with van der Waals surface area (Å²) in [6, 6.07) is 3.70. The first-order valence-electron chi connectivity index (χ1n) is 6.38. The van der Waals surface area contributed by atoms with Gasteiger partial charge in [0.05, 0.1) is 12.7 Å². The maximum atomic E-state index is 12.3. The molecule has 0 heterocycles. The lowest BCUT2D eigenvalue weighted by Crippen LogP contribution is -2.30. The molecule has 22 heavy (non-hydrogen) atoms. The molecule has 0 saturated carbocycles. The highest BCUT2D eigenvalue weighted by Gasteiger charge is 2.22. The summed E-state index contributed by atoms with van der Waals surface area (Å²) in [6.07, 6.45) is 0. The van der Waals surface area contributed by atoms with Crippen LogP contribution in [-0.4, -0.2) is 34.1 Å². The molecule has 122 valence electrons. The van der Waals surface area contributed by atoms with E-state index in [1.807, 2.05) is 0 Å². The molecule has 0 unspecified atom stereocenters. The fraction of sp³-hybridized carbons (Fsp3) is 0.357. The Kier molecular flexibility index (Phi) is 6.40. The van der Waals surface area contributed by atoms with E-state index in [1.165, 1.54) is 25.3 Å². The summed E-state index contributed by atoms with van der Waals surface area (Å²) in [5.74, 6) is -0.572. The van der Waals surface area contributed by atoms with Crippen LogP contribution in [0.4, 0.5) is 0 Å². The van der Waals surface area contributed by atoms with E-state index in [1.54, 1.807) is 13.8 Å². The number of sulfonamides is 1. The number of esters is 1. The quantitative estimate of drug-likeness (QED) is 0.765. The van der Waals surface area contributed by atoms with E-state index in [0.717, 1.165) is 0 Å². The Morgan fingerprint density at radius 2 is 2.05 bits per heavy atom. The summed E-state index contributed by atoms with van der Waals surface area (Å²) in [7, 11) is -2.47. The van der Waals surface area contributed by atoms with Crippen molar-refractivity contribution in [1.29, 1.82) is 0 Å². The first-order chi connectivity index (χ1) is 10.2. The Labute approximate surface area is 135 Å². The minimum absolute atomic E-state index is 0.0721. The SMILES string of the molecule is C=C(Cl)COC(=O)c1ccc(OC)c(S(=O)(=O)NC(C)C)c1. The van der Waals surface area contributed by atoms with Crippen LogP contribution >= 0.6 is 11.6 Å². The summed E-state index contributed by atoms with van der Waals surface area (Å²) >= 11 is 5.52. The summed E-state index contributed by atoms with van der Waals surface area (Å²) in [6.45, 7) is 6.62. The Morgan fingerprint density at radius 3 is 2.55 bits per heavy atom. The number of ether oxygens (including phenoxy) is 2. The third kappa shape index (κ3) is 5.01. The van der Waals surface area contributed by atoms with Crippen molar-refractivity contribution >= 4 is 27.6 Å². The molecule has 0 bridgehead atoms. The first kappa shape index (κ1) is 18.5. The number of nitrogens with one attached hydrogen (secondary N) is 1. The second-order valence-corrected chi connectivity index (χ2v) is 6.95. The van der Waals surface area contributed by atoms with Gasteiger partial charge >= 0.3 is 5.97 Å². The van der Waals surface area contributed by atoms with Crippen molar-refractivity contribution in [3.63, 3.8) is 0 Å². The molecule has 0 radical (unpaired) electrons. The van der Waals surface area contributed by atoms with Crippen LogP contribution in [0.5, 0.6) is 5.75 Å². The van der Waals surface area contributed by atoms with Crippen LogP contribution in [0.1, 0.15) is 24.2 Å². The van der Waals surface area contributed by atoms with Crippen molar-refractivity contribution in [3.05, 3.63) is 35.4 Å². The second kappa shape index (κ2) is 7.62. The Balaban J connectivity index is 3.19. The van der Waals surface area contributed by atoms with Gasteiger partial charge in [0.15, 0.2) is 0 Å². The predicted octanol–water partition coefficient (Wildman–Crippen LogP) is 2.29. The van der Waals surface area contributed by atoms with E-state index in [9.17, 15) is 13.2 Å². The topological polar surface area (TPSA) is 81.7 Å². The van der Waals surface area contributed by atoms with Crippen molar-refractivity contribution in [3.8, 4) is 5.75 Å². The zero-order chi connectivity index (χ0) is 16.9. The van der Waals surface area contributed by atoms with Crippen LogP contribution in [0, 0.1) is 0 Å². The zero-order valence-electron chi connectivity index (χ0n) is 12.6. The van der Waals surface area contributed by atoms with E-state index in [0.29, 0.717) is 0 Å². The highest BCUT2D eigenvalue weighted by molar-refractivity contribution is 7.89. The summed E-state index contributed by atoms with van der Waals surface area (Å²) in [4.78, 5) is 11.7. The number of carbonyl (C=O) groups excluding carboxylic acids is 1. The van der Waals surface area contributed by atoms with Crippen molar-refractivity contribution in [1.82, 2.24) is 4.72 Å². The molecule has 1 N–H and O–H groups in total. The van der Waals surface area contributed by atoms with E-state index < -0.39 is 16.0 Å². The third-order valence-corrected chi connectivity index (χ3v) is 4.23. The number of hydrogen-bond acceptors (Lipinski definition) is 5. The van der Waals surface area contributed by atoms with Crippen LogP contribution < -0.4 is 9.46 Å². The van der Waals surface area contributed by atoms with Gasteiger partial charge in [0.2, 0.25) is 10.0 Å². The van der Waals surface area contributed by atoms with Gasteiger partial charge in [-0.05, 0) is 32.0 Å². The van der Waals surface area contributed by atoms with E-state index in [-0.39, 0.29) is 33.9 Å². The largest absolute Gasteiger partial charge is 0.495 e. The molecule has 0 atom stereocenters. The zero-order valence-corrected chi connectivity index (χ0v) is 14.1. The highest BCUT2D eigenvalue weighted by Crippen LogP contribution is 2.25. The van der Waals surface area contributed by atoms with Gasteiger partial charge in [-0.2, -0.15) is 0 Å². The molecule has 1 aromatic carbocycles. The lowest BCUT2D eigenvalue weighted by Gasteiger charge is -2.14. The molecular formula is C14H18ClNO5S. The molecular weight excluding hydrogens is 330 g/mol. The normalized spacial score (nSPS) is 11.3. The Hall–Kier alpha value is -1.57. The molecule has 0 spiro atoms. The van der Waals surface area contributed by atoms with Gasteiger partial charge in [0.25, 0.3) is 0 Å². The van der Waals surface area contributed by atoms with Gasteiger partial charge in [0, 0.05) is 11.1 Å². The summed E-state index contributed by atoms with van der Waals surface area (Å²) < 4.78 is 36.9. The van der Waals surface area contributed by atoms with Crippen LogP contribution in [0.3, 0.4) is 0 Å². The Bertz CT molecular complexity index is 670. The van der Waals surface area contributed by atoms with Gasteiger partial charge < -0.3 is 9.47 Å². The minimum Gasteiger partial charge on any atom is -0.495 e. The number of carbonyl (C=O) groups is 1. The molecule has 1 aromatic rings. The number of benzene rings is 1. The molecule has 0 aromatic heterocycles. The van der Waals surface area contributed by atoms with Crippen molar-refractivity contribution in [2.24, 2.45) is 0 Å². The fourth-order valence-electron chi connectivity index (χ4n) is 1.61. The van der Waals surface area contributed by atoms with Crippen LogP contribution in [0.25, 0.3) is 0 Å². The maximum absolute atomic E-state index is 12.3. The van der Waals surface area contributed by atoms with Gasteiger partial charge in [-0.25, -0.2) is 17.9 Å². The lowest BCUT2D eigenvalue weighted by molar-refractivity contribution is 0.0546. The molecule has 8 heteroatoms. The van der Waals surface area contributed by atoms with Crippen molar-refractivity contribution in [2.45, 2.75) is 24.8 Å². The van der Waals surface area contributed by atoms with Crippen LogP contribution in [0.2, 0.25) is 0 Å². The minimum atomic E-state index is -3.82. The number of rotatable bonds is 7. The predicted molar refractivity (Wildman–Crippen MR) is 83.7 cm³/mol. The lowest BCUT2D eigenvalue weighted by atomic mass is 10.2. The second-order valence-electron chi connectivity index (χ2n) is 4.74. The van der Waals surface area contributed by atoms with Gasteiger partial charge in [0.1, 0.15) is 17.3 Å². The molecule has 0 aliphatic heterocycles. The van der Waals surface area contributed by atoms with Gasteiger partial charge in [-0.3, -0.25) is 0 Å². The Morgan fingerprint density at radius 1 is 1.41 bits per heavy atom. The number of halogens is 1. The van der Waals surface area contributed by atoms with Crippen molar-refractivity contribution < 1.29 is 22.7 Å². The van der Waals surface area contributed by atoms with Gasteiger partial charge in [-0.1, -0.05) is 18.2 Å². The average molecular weight is 348 g/mol. The summed E-state index contributed by atoms with van der Waals surface area (Å²) in [5.41, 5.74) is 0.0721. The van der Waals surface area contributed by atoms with Crippen molar-refractivity contribution in [2.75, 3.05) is 13.7 Å². The average Bonchev–Trinajstić information content (AvgIpc) is 2.42. The standard InChI is InChI=1S/C14H18ClNO5S/c1-9(2)16-22(18,19)13-7-11(5-6-12(13)20-4)14(17)21-8-10(3)15/h5-7,9,16H,3,8H2,1-2,4H3. The smallest absolute Gasteiger partial charge is 0.338 e. The van der Waals surface area contributed by atoms with E-state index in [2.05, 4.69) is 11.3 Å². The fourth-order valence-corrected chi connectivity index (χ4v) is 3.12. The molecule has 0 amide bonds. The van der Waals surface area contributed by atoms with E-state index in [4.69, 9.17) is 21.1 Å². The van der Waals surface area contributed by atoms with E-state index >= 15 is 0 Å². The third-order valence-electron chi connectivity index (χ3n) is 2.44. The molecule has 6 nitrogen and oxygen atoms in total. The monoisotopic (exact) mass is 347 g/mol. The molecule has 1 rings (SSSR count). The van der Waals surface area contributed by atoms with Crippen LogP contribution in [0.15, 0.2) is 34.7 Å². The number of methoxy groups -OCH3 is 1. The maximum Gasteiger partial charge on any atom is 0.338 e. The molecule has 0 aliphatic rings. The molecule has 0 aliphatic carbocycles. The highest BCUT2D eigenvalue weighted by atomic mass is 35.5. The molecule has 0 saturated heterocycles. The first-order valence-corrected chi connectivity index (χ1v) is 8.24. The van der Waals surface area contributed by atoms with Crippen LogP contribution in [-0.2, 0) is 14.8 Å². The summed E-state index contributed by atoms with van der Waals surface area (Å²) in [5, 5.41) is 0.163. The molecule has 0 fully saturated rings.